The molecule has 3 N–H and O–H groups in total. The van der Waals surface area contributed by atoms with Crippen LogP contribution in [0.25, 0.3) is 0 Å². The van der Waals surface area contributed by atoms with Crippen LogP contribution >= 0.6 is 0 Å². The predicted molar refractivity (Wildman–Crippen MR) is 159 cm³/mol. The molecule has 0 saturated heterocycles. The van der Waals surface area contributed by atoms with Crippen molar-refractivity contribution in [3.05, 3.63) is 58.2 Å². The summed E-state index contributed by atoms with van der Waals surface area (Å²) in [6.07, 6.45) is 7.01. The molecule has 3 atom stereocenters. The molecule has 0 saturated carbocycles. The van der Waals surface area contributed by atoms with Crippen LogP contribution in [0.15, 0.2) is 28.7 Å². The third kappa shape index (κ3) is 8.42. The number of nitrogens with one attached hydrogen (secondary N) is 1. The average molecular weight is 597 g/mol. The number of phenolic OH excluding ortho intramolecular Hbond substituents is 2. The molecule has 0 unspecified atom stereocenters. The van der Waals surface area contributed by atoms with E-state index in [1.807, 2.05) is 41.5 Å². The number of aromatic hydroxyl groups is 2. The molecule has 10 heteroatoms. The van der Waals surface area contributed by atoms with Gasteiger partial charge in [0.25, 0.3) is 0 Å². The summed E-state index contributed by atoms with van der Waals surface area (Å²) in [5.41, 5.74) is 4.03. The molecule has 0 aromatic heterocycles. The first-order valence-electron chi connectivity index (χ1n) is 13.8. The molecule has 2 aliphatic rings. The Morgan fingerprint density at radius 3 is 1.98 bits per heavy atom. The maximum Gasteiger partial charge on any atom is 0.165 e. The van der Waals surface area contributed by atoms with Crippen LogP contribution in [-0.2, 0) is 34.8 Å². The number of hydrogen-bond donors (Lipinski definition) is 3. The van der Waals surface area contributed by atoms with E-state index >= 15 is 0 Å². The zero-order valence-electron chi connectivity index (χ0n) is 24.3. The van der Waals surface area contributed by atoms with Gasteiger partial charge in [-0.05, 0) is 127 Å². The zero-order chi connectivity index (χ0) is 29.8. The Labute approximate surface area is 241 Å². The van der Waals surface area contributed by atoms with E-state index in [2.05, 4.69) is 9.12 Å². The number of benzene rings is 2. The molecule has 0 bridgehead atoms. The van der Waals surface area contributed by atoms with E-state index in [1.165, 1.54) is 24.3 Å². The van der Waals surface area contributed by atoms with E-state index in [-0.39, 0.29) is 22.3 Å². The molecule has 2 aromatic carbocycles. The van der Waals surface area contributed by atoms with Gasteiger partial charge in [0.05, 0.1) is 26.2 Å². The number of rotatable bonds is 3. The van der Waals surface area contributed by atoms with Crippen molar-refractivity contribution in [2.45, 2.75) is 108 Å². The van der Waals surface area contributed by atoms with Crippen molar-refractivity contribution in [3.63, 3.8) is 0 Å². The SMILES string of the molecule is CC(C)(C)[S@](=O)N=C1CCCCc2cc(O)c(F)cc21.CC(C)(C)[S@](=O)N[C@@H]1CCCCc2cc(O)c(F)cc21. The lowest BCUT2D eigenvalue weighted by molar-refractivity contribution is 0.430. The van der Waals surface area contributed by atoms with Gasteiger partial charge in [0, 0.05) is 11.6 Å². The van der Waals surface area contributed by atoms with Gasteiger partial charge in [-0.1, -0.05) is 6.42 Å². The molecule has 0 heterocycles. The molecular weight excluding hydrogens is 554 g/mol. The lowest BCUT2D eigenvalue weighted by Gasteiger charge is -2.25. The van der Waals surface area contributed by atoms with Crippen LogP contribution < -0.4 is 4.72 Å². The number of halogens is 2. The second kappa shape index (κ2) is 13.2. The molecule has 0 radical (unpaired) electrons. The maximum absolute atomic E-state index is 13.6. The van der Waals surface area contributed by atoms with Gasteiger partial charge in [-0.25, -0.2) is 21.9 Å². The van der Waals surface area contributed by atoms with Gasteiger partial charge in [-0.3, -0.25) is 0 Å². The Balaban J connectivity index is 0.000000220. The van der Waals surface area contributed by atoms with Crippen molar-refractivity contribution in [2.75, 3.05) is 0 Å². The molecule has 0 fully saturated rings. The highest BCUT2D eigenvalue weighted by Gasteiger charge is 2.27. The smallest absolute Gasteiger partial charge is 0.165 e. The molecule has 40 heavy (non-hydrogen) atoms. The van der Waals surface area contributed by atoms with Crippen molar-refractivity contribution in [1.29, 1.82) is 0 Å². The van der Waals surface area contributed by atoms with Crippen LogP contribution in [0.5, 0.6) is 11.5 Å². The van der Waals surface area contributed by atoms with Crippen LogP contribution in [0.3, 0.4) is 0 Å². The molecule has 0 spiro atoms. The Kier molecular flexibility index (Phi) is 10.7. The van der Waals surface area contributed by atoms with E-state index in [9.17, 15) is 27.4 Å². The Bertz CT molecular complexity index is 1300. The third-order valence-electron chi connectivity index (χ3n) is 6.89. The minimum atomic E-state index is -1.36. The first kappa shape index (κ1) is 32.3. The standard InChI is InChI=1S/C15H22FNO2S.C15H20FNO2S/c2*1-15(2,3)20(19)17-13-7-5-4-6-10-8-14(18)12(16)9-11(10)13/h8-9,13,17-18H,4-7H2,1-3H3;8-9,18H,4-7H2,1-3H3/t13-,20+;20-/m10/s1. The van der Waals surface area contributed by atoms with Crippen LogP contribution in [0, 0.1) is 11.6 Å². The minimum absolute atomic E-state index is 0.123. The summed E-state index contributed by atoms with van der Waals surface area (Å²) >= 11 is 0. The quantitative estimate of drug-likeness (QED) is 0.337. The fraction of sp³-hybridized carbons (Fsp3) is 0.567. The van der Waals surface area contributed by atoms with E-state index < -0.39 is 38.4 Å². The number of nitrogens with zero attached hydrogens (tertiary/aromatic N) is 1. The van der Waals surface area contributed by atoms with Crippen molar-refractivity contribution in [2.24, 2.45) is 4.40 Å². The molecular formula is C30H42F2N2O4S2. The molecule has 2 aliphatic carbocycles. The van der Waals surface area contributed by atoms with Crippen molar-refractivity contribution < 1.29 is 27.4 Å². The first-order chi connectivity index (χ1) is 18.6. The van der Waals surface area contributed by atoms with Crippen LogP contribution in [0.1, 0.15) is 108 Å². The topological polar surface area (TPSA) is 99.0 Å². The van der Waals surface area contributed by atoms with Crippen LogP contribution in [0.4, 0.5) is 8.78 Å². The molecule has 6 nitrogen and oxygen atoms in total. The van der Waals surface area contributed by atoms with Gasteiger partial charge in [-0.2, -0.15) is 4.40 Å². The average Bonchev–Trinajstić information content (AvgIpc) is 3.15. The number of fused-ring (bicyclic) bond motifs is 2. The second-order valence-electron chi connectivity index (χ2n) is 12.4. The normalized spacial score (nSPS) is 20.3. The molecule has 222 valence electrons. The van der Waals surface area contributed by atoms with Gasteiger partial charge in [0.1, 0.15) is 11.0 Å². The zero-order valence-corrected chi connectivity index (χ0v) is 25.9. The van der Waals surface area contributed by atoms with Gasteiger partial charge >= 0.3 is 0 Å². The third-order valence-corrected chi connectivity index (χ3v) is 9.93. The Morgan fingerprint density at radius 1 is 0.800 bits per heavy atom. The fourth-order valence-electron chi connectivity index (χ4n) is 4.56. The molecule has 0 amide bonds. The van der Waals surface area contributed by atoms with Gasteiger partial charge in [0.15, 0.2) is 23.1 Å². The first-order valence-corrected chi connectivity index (χ1v) is 16.0. The number of aryl methyl sites for hydroxylation is 2. The van der Waals surface area contributed by atoms with E-state index in [0.717, 1.165) is 61.6 Å². The number of phenols is 2. The van der Waals surface area contributed by atoms with Gasteiger partial charge < -0.3 is 10.2 Å². The Morgan fingerprint density at radius 2 is 1.35 bits per heavy atom. The number of hydrogen-bond acceptors (Lipinski definition) is 4. The summed E-state index contributed by atoms with van der Waals surface area (Å²) < 4.78 is 58.3. The highest BCUT2D eigenvalue weighted by molar-refractivity contribution is 7.85. The summed E-state index contributed by atoms with van der Waals surface area (Å²) in [6.45, 7) is 11.3. The summed E-state index contributed by atoms with van der Waals surface area (Å²) in [6, 6.07) is 5.54. The van der Waals surface area contributed by atoms with Crippen molar-refractivity contribution in [3.8, 4) is 11.5 Å². The molecule has 2 aromatic rings. The lowest BCUT2D eigenvalue weighted by atomic mass is 9.99. The lowest BCUT2D eigenvalue weighted by Crippen LogP contribution is -2.35. The van der Waals surface area contributed by atoms with Crippen LogP contribution in [0.2, 0.25) is 0 Å². The van der Waals surface area contributed by atoms with E-state index in [1.54, 1.807) is 0 Å². The highest BCUT2D eigenvalue weighted by atomic mass is 32.2. The minimum Gasteiger partial charge on any atom is -0.505 e. The van der Waals surface area contributed by atoms with Crippen molar-refractivity contribution in [1.82, 2.24) is 4.72 Å². The molecule has 0 aliphatic heterocycles. The molecule has 4 rings (SSSR count). The summed E-state index contributed by atoms with van der Waals surface area (Å²) in [4.78, 5) is 0. The summed E-state index contributed by atoms with van der Waals surface area (Å²) in [5.74, 6) is -1.90. The Hall–Kier alpha value is -2.17. The van der Waals surface area contributed by atoms with E-state index in [0.29, 0.717) is 17.7 Å². The summed E-state index contributed by atoms with van der Waals surface area (Å²) in [5, 5.41) is 19.0. The highest BCUT2D eigenvalue weighted by Crippen LogP contribution is 2.33. The maximum atomic E-state index is 13.6. The van der Waals surface area contributed by atoms with E-state index in [4.69, 9.17) is 0 Å². The van der Waals surface area contributed by atoms with Gasteiger partial charge in [-0.15, -0.1) is 0 Å². The van der Waals surface area contributed by atoms with Crippen molar-refractivity contribution >= 4 is 27.7 Å². The second-order valence-corrected chi connectivity index (χ2v) is 16.3. The monoisotopic (exact) mass is 596 g/mol. The summed E-state index contributed by atoms with van der Waals surface area (Å²) in [7, 11) is -2.56. The largest absolute Gasteiger partial charge is 0.505 e. The van der Waals surface area contributed by atoms with Crippen LogP contribution in [-0.4, -0.2) is 33.8 Å². The van der Waals surface area contributed by atoms with Gasteiger partial charge in [0.2, 0.25) is 0 Å². The predicted octanol–water partition coefficient (Wildman–Crippen LogP) is 6.86. The fourth-order valence-corrected chi connectivity index (χ4v) is 6.08.